The van der Waals surface area contributed by atoms with E-state index in [9.17, 15) is 18.4 Å². The van der Waals surface area contributed by atoms with Crippen LogP contribution < -0.4 is 10.6 Å². The third kappa shape index (κ3) is 5.57. The molecular formula is C26H32F2N8O3. The van der Waals surface area contributed by atoms with Crippen LogP contribution in [-0.4, -0.2) is 60.3 Å². The first-order valence-electron chi connectivity index (χ1n) is 13.7. The lowest BCUT2D eigenvalue weighted by molar-refractivity contribution is -0.0495. The zero-order valence-corrected chi connectivity index (χ0v) is 21.8. The maximum Gasteiger partial charge on any atom is 0.317 e. The summed E-state index contributed by atoms with van der Waals surface area (Å²) in [5.74, 6) is -3.22. The first kappa shape index (κ1) is 25.6. The summed E-state index contributed by atoms with van der Waals surface area (Å²) in [6, 6.07) is 1.28. The second kappa shape index (κ2) is 10.2. The highest BCUT2D eigenvalue weighted by Crippen LogP contribution is 2.42. The number of aromatic nitrogens is 5. The van der Waals surface area contributed by atoms with Crippen LogP contribution >= 0.6 is 0 Å². The molecule has 1 aliphatic heterocycles. The summed E-state index contributed by atoms with van der Waals surface area (Å²) in [6.07, 6.45) is 7.12. The van der Waals surface area contributed by atoms with Gasteiger partial charge in [-0.05, 0) is 68.2 Å². The molecule has 3 aromatic heterocycles. The van der Waals surface area contributed by atoms with Gasteiger partial charge in [0.05, 0.1) is 24.1 Å². The van der Waals surface area contributed by atoms with E-state index >= 15 is 0 Å². The smallest absolute Gasteiger partial charge is 0.317 e. The summed E-state index contributed by atoms with van der Waals surface area (Å²) >= 11 is 0. The van der Waals surface area contributed by atoms with Crippen molar-refractivity contribution in [3.63, 3.8) is 0 Å². The van der Waals surface area contributed by atoms with E-state index in [2.05, 4.69) is 26.0 Å². The molecule has 1 saturated heterocycles. The molecule has 3 amide bonds. The average Bonchev–Trinajstić information content (AvgIpc) is 3.51. The van der Waals surface area contributed by atoms with Crippen molar-refractivity contribution in [2.24, 2.45) is 5.92 Å². The SMILES string of the molecule is C[C@H]1CCCN(Cc2cnn3cc([C@@H](NC(=O)c4nonc4C4CC4)C4CCC(F)(F)CC4)nc3c2)C(=O)N1. The fraction of sp³-hybridized carbons (Fsp3) is 0.615. The lowest BCUT2D eigenvalue weighted by atomic mass is 9.81. The number of hydrogen-bond acceptors (Lipinski definition) is 7. The molecule has 3 fully saturated rings. The van der Waals surface area contributed by atoms with Crippen LogP contribution in [0.1, 0.15) is 97.7 Å². The number of amides is 3. The predicted octanol–water partition coefficient (Wildman–Crippen LogP) is 3.98. The van der Waals surface area contributed by atoms with Crippen LogP contribution in [0.15, 0.2) is 23.1 Å². The molecule has 2 aliphatic carbocycles. The summed E-state index contributed by atoms with van der Waals surface area (Å²) in [6.45, 7) is 3.04. The third-order valence-electron chi connectivity index (χ3n) is 8.02. The number of rotatable bonds is 7. The van der Waals surface area contributed by atoms with E-state index in [0.717, 1.165) is 31.2 Å². The minimum absolute atomic E-state index is 0.103. The van der Waals surface area contributed by atoms with E-state index in [1.807, 2.05) is 13.0 Å². The minimum atomic E-state index is -2.70. The molecule has 13 heteroatoms. The molecule has 3 aromatic rings. The summed E-state index contributed by atoms with van der Waals surface area (Å²) < 4.78 is 34.4. The molecule has 11 nitrogen and oxygen atoms in total. The first-order chi connectivity index (χ1) is 18.8. The predicted molar refractivity (Wildman–Crippen MR) is 134 cm³/mol. The molecule has 0 bridgehead atoms. The lowest BCUT2D eigenvalue weighted by Gasteiger charge is -2.33. The number of carbonyl (C=O) groups excluding carboxylic acids is 2. The van der Waals surface area contributed by atoms with Crippen LogP contribution in [0.2, 0.25) is 0 Å². The van der Waals surface area contributed by atoms with Crippen LogP contribution in [0.4, 0.5) is 13.6 Å². The quantitative estimate of drug-likeness (QED) is 0.462. The molecule has 2 atom stereocenters. The molecule has 2 saturated carbocycles. The Labute approximate surface area is 223 Å². The number of halogens is 2. The third-order valence-corrected chi connectivity index (χ3v) is 8.02. The highest BCUT2D eigenvalue weighted by atomic mass is 19.3. The van der Waals surface area contributed by atoms with E-state index in [4.69, 9.17) is 9.61 Å². The molecule has 3 aliphatic rings. The van der Waals surface area contributed by atoms with Crippen LogP contribution in [0.5, 0.6) is 0 Å². The Kier molecular flexibility index (Phi) is 6.67. The van der Waals surface area contributed by atoms with Crippen LogP contribution in [0.3, 0.4) is 0 Å². The van der Waals surface area contributed by atoms with Crippen molar-refractivity contribution in [3.05, 3.63) is 41.1 Å². The van der Waals surface area contributed by atoms with Crippen molar-refractivity contribution < 1.29 is 23.0 Å². The maximum absolute atomic E-state index is 14.0. The van der Waals surface area contributed by atoms with Gasteiger partial charge in [-0.2, -0.15) is 5.10 Å². The molecule has 2 N–H and O–H groups in total. The Hall–Kier alpha value is -3.64. The van der Waals surface area contributed by atoms with Crippen LogP contribution in [0, 0.1) is 5.92 Å². The summed E-state index contributed by atoms with van der Waals surface area (Å²) in [5, 5.41) is 18.2. The van der Waals surface area contributed by atoms with Gasteiger partial charge in [0.25, 0.3) is 5.91 Å². The van der Waals surface area contributed by atoms with Gasteiger partial charge in [0.1, 0.15) is 5.69 Å². The van der Waals surface area contributed by atoms with E-state index in [0.29, 0.717) is 30.1 Å². The molecular weight excluding hydrogens is 510 g/mol. The van der Waals surface area contributed by atoms with Crippen LogP contribution in [-0.2, 0) is 6.54 Å². The Bertz CT molecular complexity index is 1360. The topological polar surface area (TPSA) is 131 Å². The van der Waals surface area contributed by atoms with E-state index in [-0.39, 0.29) is 55.3 Å². The number of carbonyl (C=O) groups is 2. The number of imidazole rings is 1. The zero-order valence-electron chi connectivity index (χ0n) is 21.8. The van der Waals surface area contributed by atoms with Crippen molar-refractivity contribution in [2.75, 3.05) is 6.54 Å². The second-order valence-electron chi connectivity index (χ2n) is 11.2. The Morgan fingerprint density at radius 1 is 1.23 bits per heavy atom. The molecule has 39 heavy (non-hydrogen) atoms. The molecule has 4 heterocycles. The van der Waals surface area contributed by atoms with Gasteiger partial charge in [0, 0.05) is 37.9 Å². The highest BCUT2D eigenvalue weighted by Gasteiger charge is 2.40. The fourth-order valence-corrected chi connectivity index (χ4v) is 5.62. The highest BCUT2D eigenvalue weighted by molar-refractivity contribution is 5.93. The summed E-state index contributed by atoms with van der Waals surface area (Å²) in [4.78, 5) is 32.3. The lowest BCUT2D eigenvalue weighted by Crippen LogP contribution is -2.40. The standard InChI is InChI=1S/C26H32F2N8O3/c1-15-3-2-10-35(25(38)30-15)13-16-11-20-31-19(14-36(20)29-12-16)21(18-6-8-26(27,28)9-7-18)32-24(37)23-22(17-4-5-17)33-39-34-23/h11-12,14-15,17-18,21H,2-10,13H2,1H3,(H,30,38)(H,32,37)/t15-,21-/m0/s1. The van der Waals surface area contributed by atoms with Gasteiger partial charge < -0.3 is 15.5 Å². The molecule has 0 unspecified atom stereocenters. The van der Waals surface area contributed by atoms with Crippen molar-refractivity contribution in [1.29, 1.82) is 0 Å². The molecule has 0 radical (unpaired) electrons. The molecule has 0 spiro atoms. The Morgan fingerprint density at radius 3 is 2.79 bits per heavy atom. The van der Waals surface area contributed by atoms with E-state index in [1.54, 1.807) is 21.8 Å². The molecule has 208 valence electrons. The Morgan fingerprint density at radius 2 is 2.03 bits per heavy atom. The summed E-state index contributed by atoms with van der Waals surface area (Å²) in [5.41, 5.74) is 2.58. The Balaban J connectivity index is 1.25. The number of nitrogens with one attached hydrogen (secondary N) is 2. The van der Waals surface area contributed by atoms with Crippen molar-refractivity contribution in [1.82, 2.24) is 40.4 Å². The summed E-state index contributed by atoms with van der Waals surface area (Å²) in [7, 11) is 0. The monoisotopic (exact) mass is 542 g/mol. The van der Waals surface area contributed by atoms with Crippen molar-refractivity contribution in [3.8, 4) is 0 Å². The number of urea groups is 1. The minimum Gasteiger partial charge on any atom is -0.342 e. The number of alkyl halides is 2. The second-order valence-corrected chi connectivity index (χ2v) is 11.2. The van der Waals surface area contributed by atoms with Crippen molar-refractivity contribution in [2.45, 2.75) is 88.8 Å². The van der Waals surface area contributed by atoms with Gasteiger partial charge in [-0.3, -0.25) is 4.79 Å². The van der Waals surface area contributed by atoms with Gasteiger partial charge in [-0.1, -0.05) is 5.16 Å². The normalized spacial score (nSPS) is 22.9. The van der Waals surface area contributed by atoms with Crippen molar-refractivity contribution >= 4 is 17.6 Å². The van der Waals surface area contributed by atoms with Gasteiger partial charge in [-0.25, -0.2) is 27.7 Å². The fourth-order valence-electron chi connectivity index (χ4n) is 5.62. The van der Waals surface area contributed by atoms with Gasteiger partial charge in [0.15, 0.2) is 11.3 Å². The largest absolute Gasteiger partial charge is 0.342 e. The van der Waals surface area contributed by atoms with Crippen LogP contribution in [0.25, 0.3) is 5.65 Å². The average molecular weight is 543 g/mol. The molecule has 0 aromatic carbocycles. The number of nitrogens with zero attached hydrogens (tertiary/aromatic N) is 6. The van der Waals surface area contributed by atoms with E-state index in [1.165, 1.54) is 0 Å². The number of fused-ring (bicyclic) bond motifs is 1. The maximum atomic E-state index is 14.0. The van der Waals surface area contributed by atoms with Gasteiger partial charge in [-0.15, -0.1) is 0 Å². The van der Waals surface area contributed by atoms with Gasteiger partial charge in [0.2, 0.25) is 5.92 Å². The van der Waals surface area contributed by atoms with Gasteiger partial charge >= 0.3 is 6.03 Å². The first-order valence-corrected chi connectivity index (χ1v) is 13.7. The zero-order chi connectivity index (χ0) is 27.1. The molecule has 6 rings (SSSR count). The number of hydrogen-bond donors (Lipinski definition) is 2. The van der Waals surface area contributed by atoms with E-state index < -0.39 is 17.9 Å².